The zero-order valence-corrected chi connectivity index (χ0v) is 14.4. The predicted molar refractivity (Wildman–Crippen MR) is 95.4 cm³/mol. The number of nitrogens with zero attached hydrogens (tertiary/aromatic N) is 2. The van der Waals surface area contributed by atoms with Crippen LogP contribution in [0.5, 0.6) is 0 Å². The number of hydrogen-bond donors (Lipinski definition) is 0. The Balaban J connectivity index is 2.06. The molecule has 0 amide bonds. The van der Waals surface area contributed by atoms with Gasteiger partial charge in [0.25, 0.3) is 0 Å². The normalized spacial score (nSPS) is 17.0. The van der Waals surface area contributed by atoms with E-state index in [2.05, 4.69) is 18.7 Å². The molecule has 1 saturated carbocycles. The van der Waals surface area contributed by atoms with E-state index in [4.69, 9.17) is 4.99 Å². The van der Waals surface area contributed by atoms with Crippen LogP contribution < -0.4 is 0 Å². The maximum Gasteiger partial charge on any atom is 0.124 e. The van der Waals surface area contributed by atoms with E-state index < -0.39 is 0 Å². The van der Waals surface area contributed by atoms with Crippen LogP contribution in [0.15, 0.2) is 28.8 Å². The lowest BCUT2D eigenvalue weighted by Gasteiger charge is -2.37. The van der Waals surface area contributed by atoms with Crippen molar-refractivity contribution >= 4 is 17.2 Å². The van der Waals surface area contributed by atoms with Gasteiger partial charge in [0, 0.05) is 18.5 Å². The second-order valence-corrected chi connectivity index (χ2v) is 6.60. The first kappa shape index (κ1) is 16.2. The maximum atomic E-state index is 13.8. The molecule has 0 radical (unpaired) electrons. The van der Waals surface area contributed by atoms with Crippen molar-refractivity contribution in [3.8, 4) is 0 Å². The highest BCUT2D eigenvalue weighted by Crippen LogP contribution is 2.42. The van der Waals surface area contributed by atoms with Gasteiger partial charge in [-0.15, -0.1) is 0 Å². The Kier molecular flexibility index (Phi) is 5.14. The highest BCUT2D eigenvalue weighted by Gasteiger charge is 2.29. The average Bonchev–Trinajstić information content (AvgIpc) is 2.50. The summed E-state index contributed by atoms with van der Waals surface area (Å²) in [4.78, 5) is 7.29. The Morgan fingerprint density at radius 1 is 1.13 bits per heavy atom. The van der Waals surface area contributed by atoms with E-state index in [0.29, 0.717) is 0 Å². The molecule has 3 rings (SSSR count). The Morgan fingerprint density at radius 2 is 1.91 bits per heavy atom. The van der Waals surface area contributed by atoms with Crippen LogP contribution >= 0.6 is 0 Å². The number of hydrogen-bond acceptors (Lipinski definition) is 2. The van der Waals surface area contributed by atoms with Crippen LogP contribution in [0.4, 0.5) is 10.1 Å². The second-order valence-electron chi connectivity index (χ2n) is 6.60. The predicted octanol–water partition coefficient (Wildman–Crippen LogP) is 6.06. The number of amidine groups is 1. The van der Waals surface area contributed by atoms with Gasteiger partial charge in [0.1, 0.15) is 11.7 Å². The minimum atomic E-state index is -0.163. The van der Waals surface area contributed by atoms with Crippen molar-refractivity contribution < 1.29 is 4.39 Å². The van der Waals surface area contributed by atoms with Crippen molar-refractivity contribution in [3.63, 3.8) is 0 Å². The van der Waals surface area contributed by atoms with Crippen LogP contribution in [0.1, 0.15) is 70.8 Å². The molecular formula is C20H27FN2. The summed E-state index contributed by atoms with van der Waals surface area (Å²) in [5.74, 6) is 1.01. The first-order valence-corrected chi connectivity index (χ1v) is 9.11. The third-order valence-electron chi connectivity index (χ3n) is 4.83. The Bertz CT molecular complexity index is 625. The monoisotopic (exact) mass is 314 g/mol. The first-order valence-electron chi connectivity index (χ1n) is 9.11. The number of aliphatic imine (C=N–C) groups is 1. The number of fused-ring (bicyclic) bond motifs is 1. The number of unbranched alkanes of at least 4 members (excludes halogenated alkanes) is 2. The molecular weight excluding hydrogens is 287 g/mol. The van der Waals surface area contributed by atoms with Gasteiger partial charge < -0.3 is 4.90 Å². The zero-order valence-electron chi connectivity index (χ0n) is 14.4. The van der Waals surface area contributed by atoms with E-state index in [1.807, 2.05) is 6.07 Å². The molecule has 0 aromatic heterocycles. The number of allylic oxidation sites excluding steroid dienone is 1. The summed E-state index contributed by atoms with van der Waals surface area (Å²) in [6.07, 6.45) is 9.19. The summed E-state index contributed by atoms with van der Waals surface area (Å²) in [6.45, 7) is 5.43. The molecule has 0 unspecified atom stereocenters. The van der Waals surface area contributed by atoms with Crippen molar-refractivity contribution in [2.24, 2.45) is 4.99 Å². The fourth-order valence-corrected chi connectivity index (χ4v) is 3.32. The quantitative estimate of drug-likeness (QED) is 0.623. The van der Waals surface area contributed by atoms with Gasteiger partial charge >= 0.3 is 0 Å². The van der Waals surface area contributed by atoms with E-state index in [1.165, 1.54) is 36.0 Å². The molecule has 1 aromatic carbocycles. The second kappa shape index (κ2) is 7.29. The Morgan fingerprint density at radius 3 is 2.57 bits per heavy atom. The van der Waals surface area contributed by atoms with Gasteiger partial charge in [0.2, 0.25) is 0 Å². The molecule has 1 aliphatic heterocycles. The van der Waals surface area contributed by atoms with Gasteiger partial charge in [0.15, 0.2) is 0 Å². The van der Waals surface area contributed by atoms with Crippen molar-refractivity contribution in [1.82, 2.24) is 4.90 Å². The largest absolute Gasteiger partial charge is 0.329 e. The van der Waals surface area contributed by atoms with Gasteiger partial charge in [0.05, 0.1) is 11.4 Å². The molecule has 1 aromatic rings. The van der Waals surface area contributed by atoms with Crippen LogP contribution in [0.3, 0.4) is 0 Å². The molecule has 3 heteroatoms. The van der Waals surface area contributed by atoms with E-state index in [9.17, 15) is 4.39 Å². The SMILES string of the molecule is CCCCC1=Nc2ccc(F)cc2C(=C2CCC2)N1CCCC. The van der Waals surface area contributed by atoms with Crippen molar-refractivity contribution in [2.45, 2.75) is 65.2 Å². The van der Waals surface area contributed by atoms with Crippen LogP contribution in [0.2, 0.25) is 0 Å². The summed E-state index contributed by atoms with van der Waals surface area (Å²) >= 11 is 0. The van der Waals surface area contributed by atoms with Gasteiger partial charge in [-0.25, -0.2) is 9.38 Å². The molecule has 23 heavy (non-hydrogen) atoms. The first-order chi connectivity index (χ1) is 11.2. The lowest BCUT2D eigenvalue weighted by Crippen LogP contribution is -2.34. The lowest BCUT2D eigenvalue weighted by atomic mass is 9.86. The lowest BCUT2D eigenvalue weighted by molar-refractivity contribution is 0.512. The molecule has 2 nitrogen and oxygen atoms in total. The topological polar surface area (TPSA) is 15.6 Å². The summed E-state index contributed by atoms with van der Waals surface area (Å²) in [6, 6.07) is 5.05. The van der Waals surface area contributed by atoms with E-state index >= 15 is 0 Å². The number of benzene rings is 1. The van der Waals surface area contributed by atoms with Crippen LogP contribution in [-0.2, 0) is 0 Å². The van der Waals surface area contributed by atoms with Crippen molar-refractivity contribution in [3.05, 3.63) is 35.2 Å². The number of halogens is 1. The van der Waals surface area contributed by atoms with E-state index in [0.717, 1.165) is 56.3 Å². The molecule has 0 N–H and O–H groups in total. The van der Waals surface area contributed by atoms with Crippen molar-refractivity contribution in [1.29, 1.82) is 0 Å². The summed E-state index contributed by atoms with van der Waals surface area (Å²) in [5, 5.41) is 0. The summed E-state index contributed by atoms with van der Waals surface area (Å²) < 4.78 is 13.8. The summed E-state index contributed by atoms with van der Waals surface area (Å²) in [7, 11) is 0. The highest BCUT2D eigenvalue weighted by atomic mass is 19.1. The van der Waals surface area contributed by atoms with Gasteiger partial charge in [-0.05, 0) is 55.9 Å². The van der Waals surface area contributed by atoms with Crippen LogP contribution in [-0.4, -0.2) is 17.3 Å². The van der Waals surface area contributed by atoms with Gasteiger partial charge in [-0.2, -0.15) is 0 Å². The van der Waals surface area contributed by atoms with Gasteiger partial charge in [-0.1, -0.05) is 26.7 Å². The fourth-order valence-electron chi connectivity index (χ4n) is 3.32. The van der Waals surface area contributed by atoms with E-state index in [1.54, 1.807) is 6.07 Å². The minimum Gasteiger partial charge on any atom is -0.329 e. The highest BCUT2D eigenvalue weighted by molar-refractivity contribution is 5.99. The molecule has 1 aliphatic carbocycles. The smallest absolute Gasteiger partial charge is 0.124 e. The summed E-state index contributed by atoms with van der Waals surface area (Å²) in [5.41, 5.74) is 4.69. The third-order valence-corrected chi connectivity index (χ3v) is 4.83. The molecule has 0 atom stereocenters. The average molecular weight is 314 g/mol. The Hall–Kier alpha value is -1.64. The molecule has 0 bridgehead atoms. The third kappa shape index (κ3) is 3.34. The molecule has 1 heterocycles. The minimum absolute atomic E-state index is 0.163. The molecule has 0 saturated heterocycles. The number of rotatable bonds is 6. The molecule has 2 aliphatic rings. The Labute approximate surface area is 139 Å². The van der Waals surface area contributed by atoms with Crippen molar-refractivity contribution in [2.75, 3.05) is 6.54 Å². The fraction of sp³-hybridized carbons (Fsp3) is 0.550. The van der Waals surface area contributed by atoms with Gasteiger partial charge in [-0.3, -0.25) is 0 Å². The molecule has 1 fully saturated rings. The molecule has 124 valence electrons. The van der Waals surface area contributed by atoms with Crippen LogP contribution in [0.25, 0.3) is 5.70 Å². The van der Waals surface area contributed by atoms with E-state index in [-0.39, 0.29) is 5.82 Å². The van der Waals surface area contributed by atoms with Crippen LogP contribution in [0, 0.1) is 5.82 Å². The molecule has 0 spiro atoms. The standard InChI is InChI=1S/C20H27FN2/c1-3-5-10-19-22-18-12-11-16(21)14-17(18)20(15-8-7-9-15)23(19)13-6-4-2/h11-12,14H,3-10,13H2,1-2H3. The zero-order chi connectivity index (χ0) is 16.2. The maximum absolute atomic E-state index is 13.8.